The van der Waals surface area contributed by atoms with E-state index in [1.54, 1.807) is 18.2 Å². The van der Waals surface area contributed by atoms with E-state index in [1.807, 2.05) is 55.5 Å². The molecule has 2 rings (SSSR count). The summed E-state index contributed by atoms with van der Waals surface area (Å²) in [6.07, 6.45) is 1.48. The molecule has 0 aliphatic heterocycles. The molecule has 0 heterocycles. The maximum absolute atomic E-state index is 12.1. The lowest BCUT2D eigenvalue weighted by atomic mass is 10.1. The Bertz CT molecular complexity index is 595. The monoisotopic (exact) mass is 295 g/mol. The number of carbonyl (C=O) groups excluding carboxylic acids is 1. The number of hydrogen-bond donors (Lipinski definition) is 1. The first-order valence-electron chi connectivity index (χ1n) is 7.34. The van der Waals surface area contributed by atoms with Crippen molar-refractivity contribution in [3.8, 4) is 0 Å². The Balaban J connectivity index is 1.90. The van der Waals surface area contributed by atoms with Crippen LogP contribution in [0.5, 0.6) is 0 Å². The van der Waals surface area contributed by atoms with Crippen LogP contribution in [0.1, 0.15) is 22.8 Å². The molecule has 114 valence electrons. The average molecular weight is 295 g/mol. The summed E-state index contributed by atoms with van der Waals surface area (Å²) in [5.41, 5.74) is 1.73. The number of carbonyl (C=O) groups is 1. The van der Waals surface area contributed by atoms with E-state index >= 15 is 0 Å². The summed E-state index contributed by atoms with van der Waals surface area (Å²) in [7, 11) is 0. The number of rotatable bonds is 7. The Kier molecular flexibility index (Phi) is 5.92. The molecule has 0 bridgehead atoms. The molecule has 2 aromatic carbocycles. The van der Waals surface area contributed by atoms with Crippen molar-refractivity contribution in [1.82, 2.24) is 5.32 Å². The predicted octanol–water partition coefficient (Wildman–Crippen LogP) is 3.58. The lowest BCUT2D eigenvalue weighted by molar-refractivity contribution is 0.0475. The fraction of sp³-hybridized carbons (Fsp3) is 0.211. The van der Waals surface area contributed by atoms with Crippen LogP contribution < -0.4 is 5.32 Å². The molecule has 22 heavy (non-hydrogen) atoms. The van der Waals surface area contributed by atoms with Gasteiger partial charge in [0.15, 0.2) is 0 Å². The Morgan fingerprint density at radius 2 is 1.73 bits per heavy atom. The van der Waals surface area contributed by atoms with Gasteiger partial charge in [0.25, 0.3) is 5.91 Å². The van der Waals surface area contributed by atoms with Gasteiger partial charge in [0.2, 0.25) is 0 Å². The molecule has 2 atom stereocenters. The van der Waals surface area contributed by atoms with Crippen molar-refractivity contribution in [1.29, 1.82) is 0 Å². The minimum absolute atomic E-state index is 0.108. The minimum Gasteiger partial charge on any atom is -0.367 e. The van der Waals surface area contributed by atoms with Gasteiger partial charge in [-0.2, -0.15) is 0 Å². The number of hydrogen-bond acceptors (Lipinski definition) is 2. The largest absolute Gasteiger partial charge is 0.367 e. The first-order valence-corrected chi connectivity index (χ1v) is 7.34. The SMILES string of the molecule is C=C[C@H](OCc1ccccc1)[C@H](C)NC(=O)c1ccccc1. The Morgan fingerprint density at radius 1 is 1.14 bits per heavy atom. The summed E-state index contributed by atoms with van der Waals surface area (Å²) in [5.74, 6) is -0.108. The topological polar surface area (TPSA) is 38.3 Å². The van der Waals surface area contributed by atoms with Gasteiger partial charge in [-0.15, -0.1) is 6.58 Å². The molecule has 0 aromatic heterocycles. The van der Waals surface area contributed by atoms with Crippen molar-refractivity contribution in [2.24, 2.45) is 0 Å². The molecule has 0 aliphatic carbocycles. The molecule has 3 nitrogen and oxygen atoms in total. The van der Waals surface area contributed by atoms with E-state index in [1.165, 1.54) is 0 Å². The summed E-state index contributed by atoms with van der Waals surface area (Å²) in [6.45, 7) is 6.20. The molecule has 0 fully saturated rings. The molecule has 1 amide bonds. The van der Waals surface area contributed by atoms with E-state index in [0.29, 0.717) is 12.2 Å². The average Bonchev–Trinajstić information content (AvgIpc) is 2.57. The Hall–Kier alpha value is -2.39. The second-order valence-electron chi connectivity index (χ2n) is 5.13. The van der Waals surface area contributed by atoms with Crippen LogP contribution in [0.25, 0.3) is 0 Å². The third-order valence-corrected chi connectivity index (χ3v) is 3.41. The van der Waals surface area contributed by atoms with Gasteiger partial charge < -0.3 is 10.1 Å². The zero-order chi connectivity index (χ0) is 15.8. The number of benzene rings is 2. The summed E-state index contributed by atoms with van der Waals surface area (Å²) in [6, 6.07) is 18.9. The smallest absolute Gasteiger partial charge is 0.251 e. The van der Waals surface area contributed by atoms with Crippen molar-refractivity contribution >= 4 is 5.91 Å². The summed E-state index contributed by atoms with van der Waals surface area (Å²) in [4.78, 5) is 12.1. The van der Waals surface area contributed by atoms with Crippen LogP contribution in [0.2, 0.25) is 0 Å². The fourth-order valence-corrected chi connectivity index (χ4v) is 2.14. The zero-order valence-corrected chi connectivity index (χ0v) is 12.7. The molecule has 0 unspecified atom stereocenters. The number of nitrogens with one attached hydrogen (secondary N) is 1. The molecular formula is C19H21NO2. The first kappa shape index (κ1) is 16.0. The molecule has 2 aromatic rings. The normalized spacial score (nSPS) is 13.1. The molecule has 0 aliphatic rings. The Morgan fingerprint density at radius 3 is 2.32 bits per heavy atom. The van der Waals surface area contributed by atoms with Crippen molar-refractivity contribution < 1.29 is 9.53 Å². The molecule has 0 spiro atoms. The van der Waals surface area contributed by atoms with Gasteiger partial charge in [-0.05, 0) is 24.6 Å². The molecule has 0 radical (unpaired) electrons. The highest BCUT2D eigenvalue weighted by Gasteiger charge is 2.17. The number of ether oxygens (including phenoxy) is 1. The van der Waals surface area contributed by atoms with Crippen molar-refractivity contribution in [2.75, 3.05) is 0 Å². The molecule has 3 heteroatoms. The summed E-state index contributed by atoms with van der Waals surface area (Å²) in [5, 5.41) is 2.95. The van der Waals surface area contributed by atoms with Crippen LogP contribution in [-0.4, -0.2) is 18.1 Å². The van der Waals surface area contributed by atoms with Crippen LogP contribution in [0.15, 0.2) is 73.3 Å². The molecule has 0 saturated carbocycles. The van der Waals surface area contributed by atoms with Crippen LogP contribution >= 0.6 is 0 Å². The van der Waals surface area contributed by atoms with Gasteiger partial charge in [-0.1, -0.05) is 54.6 Å². The van der Waals surface area contributed by atoms with Crippen LogP contribution in [0.3, 0.4) is 0 Å². The second-order valence-corrected chi connectivity index (χ2v) is 5.13. The van der Waals surface area contributed by atoms with E-state index in [2.05, 4.69) is 11.9 Å². The molecular weight excluding hydrogens is 274 g/mol. The predicted molar refractivity (Wildman–Crippen MR) is 88.6 cm³/mol. The highest BCUT2D eigenvalue weighted by Crippen LogP contribution is 2.08. The molecule has 0 saturated heterocycles. The van der Waals surface area contributed by atoms with Gasteiger partial charge >= 0.3 is 0 Å². The van der Waals surface area contributed by atoms with Crippen LogP contribution in [0, 0.1) is 0 Å². The first-order chi connectivity index (χ1) is 10.7. The van der Waals surface area contributed by atoms with Crippen molar-refractivity contribution in [3.05, 3.63) is 84.4 Å². The Labute approximate surface area is 131 Å². The van der Waals surface area contributed by atoms with Gasteiger partial charge in [-0.3, -0.25) is 4.79 Å². The van der Waals surface area contributed by atoms with Crippen molar-refractivity contribution in [3.63, 3.8) is 0 Å². The quantitative estimate of drug-likeness (QED) is 0.793. The fourth-order valence-electron chi connectivity index (χ4n) is 2.14. The third kappa shape index (κ3) is 4.57. The van der Waals surface area contributed by atoms with Crippen molar-refractivity contribution in [2.45, 2.75) is 25.7 Å². The minimum atomic E-state index is -0.243. The highest BCUT2D eigenvalue weighted by molar-refractivity contribution is 5.94. The highest BCUT2D eigenvalue weighted by atomic mass is 16.5. The lowest BCUT2D eigenvalue weighted by Crippen LogP contribution is -2.41. The second kappa shape index (κ2) is 8.15. The molecule has 1 N–H and O–H groups in total. The van der Waals surface area contributed by atoms with E-state index in [0.717, 1.165) is 5.56 Å². The maximum Gasteiger partial charge on any atom is 0.251 e. The summed E-state index contributed by atoms with van der Waals surface area (Å²) >= 11 is 0. The van der Waals surface area contributed by atoms with Gasteiger partial charge in [-0.25, -0.2) is 0 Å². The van der Waals surface area contributed by atoms with E-state index < -0.39 is 0 Å². The number of amides is 1. The van der Waals surface area contributed by atoms with E-state index in [9.17, 15) is 4.79 Å². The van der Waals surface area contributed by atoms with E-state index in [4.69, 9.17) is 4.74 Å². The van der Waals surface area contributed by atoms with Gasteiger partial charge in [0.05, 0.1) is 18.8 Å². The van der Waals surface area contributed by atoms with Gasteiger partial charge in [0.1, 0.15) is 0 Å². The van der Waals surface area contributed by atoms with Gasteiger partial charge in [0, 0.05) is 5.56 Å². The maximum atomic E-state index is 12.1. The van der Waals surface area contributed by atoms with E-state index in [-0.39, 0.29) is 18.1 Å². The van der Waals surface area contributed by atoms with Crippen LogP contribution in [-0.2, 0) is 11.3 Å². The zero-order valence-electron chi connectivity index (χ0n) is 12.7. The third-order valence-electron chi connectivity index (χ3n) is 3.41. The summed E-state index contributed by atoms with van der Waals surface area (Å²) < 4.78 is 5.84. The standard InChI is InChI=1S/C19H21NO2/c1-3-18(22-14-16-10-6-4-7-11-16)15(2)20-19(21)17-12-8-5-9-13-17/h3-13,15,18H,1,14H2,2H3,(H,20,21)/t15-,18-/m0/s1. The lowest BCUT2D eigenvalue weighted by Gasteiger charge is -2.22. The van der Waals surface area contributed by atoms with Crippen LogP contribution in [0.4, 0.5) is 0 Å².